The SMILES string of the molecule is CCC1CCC(Nc2ccccc2Br)(C(N)=O)CC1. The van der Waals surface area contributed by atoms with Gasteiger partial charge in [0, 0.05) is 10.2 Å². The van der Waals surface area contributed by atoms with Crippen LogP contribution in [0.5, 0.6) is 0 Å². The maximum atomic E-state index is 11.9. The lowest BCUT2D eigenvalue weighted by Gasteiger charge is -2.39. The lowest BCUT2D eigenvalue weighted by molar-refractivity contribution is -0.123. The molecule has 0 atom stereocenters. The minimum atomic E-state index is -0.588. The van der Waals surface area contributed by atoms with Gasteiger partial charge in [-0.25, -0.2) is 0 Å². The summed E-state index contributed by atoms with van der Waals surface area (Å²) in [4.78, 5) is 11.9. The summed E-state index contributed by atoms with van der Waals surface area (Å²) in [6, 6.07) is 7.86. The molecule has 1 aromatic carbocycles. The minimum absolute atomic E-state index is 0.238. The van der Waals surface area contributed by atoms with Gasteiger partial charge < -0.3 is 11.1 Å². The molecule has 0 saturated heterocycles. The molecule has 2 rings (SSSR count). The monoisotopic (exact) mass is 324 g/mol. The van der Waals surface area contributed by atoms with E-state index in [4.69, 9.17) is 5.73 Å². The smallest absolute Gasteiger partial charge is 0.243 e. The van der Waals surface area contributed by atoms with Gasteiger partial charge in [0.1, 0.15) is 5.54 Å². The fourth-order valence-electron chi connectivity index (χ4n) is 2.83. The van der Waals surface area contributed by atoms with Crippen LogP contribution in [-0.4, -0.2) is 11.4 Å². The molecule has 0 aromatic heterocycles. The molecule has 1 aromatic rings. The second-order valence-corrected chi connectivity index (χ2v) is 6.26. The number of nitrogens with one attached hydrogen (secondary N) is 1. The molecule has 0 bridgehead atoms. The average molecular weight is 325 g/mol. The number of anilines is 1. The topological polar surface area (TPSA) is 55.1 Å². The highest BCUT2D eigenvalue weighted by atomic mass is 79.9. The summed E-state index contributed by atoms with van der Waals surface area (Å²) in [5, 5.41) is 3.39. The fraction of sp³-hybridized carbons (Fsp3) is 0.533. The fourth-order valence-corrected chi connectivity index (χ4v) is 3.22. The van der Waals surface area contributed by atoms with Crippen molar-refractivity contribution >= 4 is 27.5 Å². The van der Waals surface area contributed by atoms with Crippen LogP contribution in [0.3, 0.4) is 0 Å². The third-order valence-electron chi connectivity index (χ3n) is 4.26. The highest BCUT2D eigenvalue weighted by Crippen LogP contribution is 2.37. The van der Waals surface area contributed by atoms with Crippen LogP contribution in [0.2, 0.25) is 0 Å². The Labute approximate surface area is 123 Å². The molecular formula is C15H21BrN2O. The average Bonchev–Trinajstić information content (AvgIpc) is 2.42. The quantitative estimate of drug-likeness (QED) is 0.887. The number of nitrogens with two attached hydrogens (primary N) is 1. The number of halogens is 1. The van der Waals surface area contributed by atoms with Crippen LogP contribution in [-0.2, 0) is 4.79 Å². The van der Waals surface area contributed by atoms with E-state index in [1.54, 1.807) is 0 Å². The van der Waals surface area contributed by atoms with E-state index in [1.165, 1.54) is 6.42 Å². The highest BCUT2D eigenvalue weighted by Gasteiger charge is 2.40. The Balaban J connectivity index is 2.18. The second-order valence-electron chi connectivity index (χ2n) is 5.40. The van der Waals surface area contributed by atoms with Crippen molar-refractivity contribution in [3.63, 3.8) is 0 Å². The van der Waals surface area contributed by atoms with Gasteiger partial charge in [0.2, 0.25) is 5.91 Å². The molecule has 3 nitrogen and oxygen atoms in total. The van der Waals surface area contributed by atoms with Gasteiger partial charge >= 0.3 is 0 Å². The van der Waals surface area contributed by atoms with Gasteiger partial charge in [0.25, 0.3) is 0 Å². The molecule has 0 radical (unpaired) electrons. The Morgan fingerprint density at radius 3 is 2.58 bits per heavy atom. The largest absolute Gasteiger partial charge is 0.370 e. The maximum absolute atomic E-state index is 11.9. The summed E-state index contributed by atoms with van der Waals surface area (Å²) in [5.74, 6) is 0.492. The van der Waals surface area contributed by atoms with Crippen molar-refractivity contribution in [3.05, 3.63) is 28.7 Å². The number of para-hydroxylation sites is 1. The van der Waals surface area contributed by atoms with Gasteiger partial charge in [-0.1, -0.05) is 25.5 Å². The molecule has 0 spiro atoms. The lowest BCUT2D eigenvalue weighted by atomic mass is 9.75. The number of hydrogen-bond donors (Lipinski definition) is 2. The van der Waals surface area contributed by atoms with E-state index >= 15 is 0 Å². The predicted molar refractivity (Wildman–Crippen MR) is 81.9 cm³/mol. The van der Waals surface area contributed by atoms with Gasteiger partial charge in [-0.2, -0.15) is 0 Å². The highest BCUT2D eigenvalue weighted by molar-refractivity contribution is 9.10. The molecule has 104 valence electrons. The molecule has 1 saturated carbocycles. The van der Waals surface area contributed by atoms with Crippen molar-refractivity contribution in [2.45, 2.75) is 44.6 Å². The Bertz CT molecular complexity index is 453. The molecule has 0 heterocycles. The summed E-state index contributed by atoms with van der Waals surface area (Å²) in [5.41, 5.74) is 6.02. The third-order valence-corrected chi connectivity index (χ3v) is 4.95. The van der Waals surface area contributed by atoms with Gasteiger partial charge in [-0.05, 0) is 59.7 Å². The van der Waals surface area contributed by atoms with Crippen LogP contribution in [0.1, 0.15) is 39.0 Å². The number of benzene rings is 1. The van der Waals surface area contributed by atoms with Gasteiger partial charge in [0.15, 0.2) is 0 Å². The Morgan fingerprint density at radius 1 is 1.42 bits per heavy atom. The first kappa shape index (κ1) is 14.4. The Kier molecular flexibility index (Phi) is 4.50. The van der Waals surface area contributed by atoms with Crippen LogP contribution < -0.4 is 11.1 Å². The van der Waals surface area contributed by atoms with E-state index in [0.717, 1.165) is 41.8 Å². The molecular weight excluding hydrogens is 304 g/mol. The van der Waals surface area contributed by atoms with E-state index in [0.29, 0.717) is 0 Å². The Morgan fingerprint density at radius 2 is 2.05 bits per heavy atom. The lowest BCUT2D eigenvalue weighted by Crippen LogP contribution is -2.52. The van der Waals surface area contributed by atoms with E-state index in [1.807, 2.05) is 24.3 Å². The van der Waals surface area contributed by atoms with Crippen LogP contribution in [0.25, 0.3) is 0 Å². The number of amides is 1. The summed E-state index contributed by atoms with van der Waals surface area (Å²) in [6.45, 7) is 2.21. The van der Waals surface area contributed by atoms with Crippen molar-refractivity contribution in [1.82, 2.24) is 0 Å². The normalized spacial score (nSPS) is 26.9. The first-order valence-electron chi connectivity index (χ1n) is 6.90. The van der Waals surface area contributed by atoms with E-state index < -0.39 is 5.54 Å². The first-order valence-corrected chi connectivity index (χ1v) is 7.69. The molecule has 4 heteroatoms. The molecule has 1 fully saturated rings. The minimum Gasteiger partial charge on any atom is -0.370 e. The summed E-state index contributed by atoms with van der Waals surface area (Å²) in [7, 11) is 0. The third kappa shape index (κ3) is 3.11. The standard InChI is InChI=1S/C15H21BrN2O/c1-2-11-7-9-15(10-8-11,14(17)19)18-13-6-4-3-5-12(13)16/h3-6,11,18H,2,7-10H2,1H3,(H2,17,19). The van der Waals surface area contributed by atoms with Crippen LogP contribution in [0.15, 0.2) is 28.7 Å². The number of carbonyl (C=O) groups is 1. The summed E-state index contributed by atoms with van der Waals surface area (Å²) < 4.78 is 0.966. The van der Waals surface area contributed by atoms with E-state index in [2.05, 4.69) is 28.2 Å². The summed E-state index contributed by atoms with van der Waals surface area (Å²) in [6.07, 6.45) is 4.96. The molecule has 1 aliphatic rings. The predicted octanol–water partition coefficient (Wildman–Crippen LogP) is 3.69. The molecule has 1 aliphatic carbocycles. The number of hydrogen-bond acceptors (Lipinski definition) is 2. The first-order chi connectivity index (χ1) is 9.07. The van der Waals surface area contributed by atoms with Crippen molar-refractivity contribution in [2.24, 2.45) is 11.7 Å². The number of primary amides is 1. The second kappa shape index (κ2) is 5.95. The molecule has 3 N–H and O–H groups in total. The van der Waals surface area contributed by atoms with Crippen molar-refractivity contribution < 1.29 is 4.79 Å². The van der Waals surface area contributed by atoms with Crippen molar-refractivity contribution in [2.75, 3.05) is 5.32 Å². The molecule has 19 heavy (non-hydrogen) atoms. The zero-order valence-corrected chi connectivity index (χ0v) is 12.9. The van der Waals surface area contributed by atoms with Crippen LogP contribution >= 0.6 is 15.9 Å². The van der Waals surface area contributed by atoms with Gasteiger partial charge in [-0.3, -0.25) is 4.79 Å². The van der Waals surface area contributed by atoms with E-state index in [-0.39, 0.29) is 5.91 Å². The molecule has 0 unspecified atom stereocenters. The Hall–Kier alpha value is -1.03. The van der Waals surface area contributed by atoms with Crippen LogP contribution in [0.4, 0.5) is 5.69 Å². The summed E-state index contributed by atoms with van der Waals surface area (Å²) >= 11 is 3.51. The van der Waals surface area contributed by atoms with Gasteiger partial charge in [-0.15, -0.1) is 0 Å². The zero-order valence-electron chi connectivity index (χ0n) is 11.3. The zero-order chi connectivity index (χ0) is 13.9. The molecule has 1 amide bonds. The van der Waals surface area contributed by atoms with Gasteiger partial charge in [0.05, 0.1) is 0 Å². The van der Waals surface area contributed by atoms with Crippen molar-refractivity contribution in [1.29, 1.82) is 0 Å². The maximum Gasteiger partial charge on any atom is 0.243 e. The molecule has 0 aliphatic heterocycles. The van der Waals surface area contributed by atoms with Crippen LogP contribution in [0, 0.1) is 5.92 Å². The van der Waals surface area contributed by atoms with E-state index in [9.17, 15) is 4.79 Å². The van der Waals surface area contributed by atoms with Crippen molar-refractivity contribution in [3.8, 4) is 0 Å². The number of carbonyl (C=O) groups excluding carboxylic acids is 1. The number of rotatable bonds is 4.